The maximum absolute atomic E-state index is 13.1. The molecule has 1 aromatic carbocycles. The minimum absolute atomic E-state index is 0.0393. The van der Waals surface area contributed by atoms with Gasteiger partial charge in [0.25, 0.3) is 5.56 Å². The normalized spacial score (nSPS) is 15.7. The van der Waals surface area contributed by atoms with Crippen molar-refractivity contribution in [1.29, 1.82) is 0 Å². The molecule has 1 saturated heterocycles. The lowest BCUT2D eigenvalue weighted by Crippen LogP contribution is -2.44. The number of tetrazole rings is 1. The van der Waals surface area contributed by atoms with E-state index >= 15 is 0 Å². The van der Waals surface area contributed by atoms with E-state index in [2.05, 4.69) is 15.5 Å². The Kier molecular flexibility index (Phi) is 7.04. The molecule has 0 bridgehead atoms. The highest BCUT2D eigenvalue weighted by molar-refractivity contribution is 7.99. The van der Waals surface area contributed by atoms with E-state index in [1.54, 1.807) is 11.6 Å². The number of anilines is 1. The van der Waals surface area contributed by atoms with Gasteiger partial charge in [-0.1, -0.05) is 42.1 Å². The fraction of sp³-hybridized carbons (Fsp3) is 0.429. The summed E-state index contributed by atoms with van der Waals surface area (Å²) in [5.74, 6) is -0.722. The molecule has 2 aromatic heterocycles. The molecule has 4 rings (SSSR count). The van der Waals surface area contributed by atoms with Gasteiger partial charge in [0.05, 0.1) is 24.9 Å². The molecule has 2 N–H and O–H groups in total. The summed E-state index contributed by atoms with van der Waals surface area (Å²) in [6.45, 7) is 3.17. The standard InChI is InChI=1S/C21H25N7O4S/c1-2-26-19(30)17(18(22)27(21(26)31)11-14-7-4-3-5-8-14)16(29)13-33-20-23-24-25-28(20)12-15-9-6-10-32-15/h3-5,7-8,15H,2,6,9-13,22H2,1H3/t15-/m0/s1. The third-order valence-electron chi connectivity index (χ3n) is 5.48. The first-order valence-electron chi connectivity index (χ1n) is 10.7. The number of nitrogens with zero attached hydrogens (tertiary/aromatic N) is 6. The Morgan fingerprint density at radius 2 is 2.03 bits per heavy atom. The molecule has 3 heterocycles. The van der Waals surface area contributed by atoms with Crippen molar-refractivity contribution < 1.29 is 9.53 Å². The number of hydrogen-bond acceptors (Lipinski definition) is 9. The first-order chi connectivity index (χ1) is 16.0. The molecular formula is C21H25N7O4S. The van der Waals surface area contributed by atoms with Crippen molar-refractivity contribution in [2.24, 2.45) is 0 Å². The summed E-state index contributed by atoms with van der Waals surface area (Å²) >= 11 is 1.12. The van der Waals surface area contributed by atoms with Gasteiger partial charge in [-0.25, -0.2) is 9.48 Å². The van der Waals surface area contributed by atoms with Crippen LogP contribution in [0.3, 0.4) is 0 Å². The summed E-state index contributed by atoms with van der Waals surface area (Å²) in [5.41, 5.74) is 5.60. The summed E-state index contributed by atoms with van der Waals surface area (Å²) < 4.78 is 9.51. The second-order valence-corrected chi connectivity index (χ2v) is 8.60. The molecule has 0 radical (unpaired) electrons. The summed E-state index contributed by atoms with van der Waals surface area (Å²) in [4.78, 5) is 38.9. The Hall–Kier alpha value is -3.25. The number of nitrogens with two attached hydrogens (primary N) is 1. The van der Waals surface area contributed by atoms with E-state index in [-0.39, 0.29) is 36.3 Å². The van der Waals surface area contributed by atoms with E-state index < -0.39 is 17.0 Å². The third kappa shape index (κ3) is 4.91. The highest BCUT2D eigenvalue weighted by Gasteiger charge is 2.24. The smallest absolute Gasteiger partial charge is 0.332 e. The number of aromatic nitrogens is 6. The first-order valence-corrected chi connectivity index (χ1v) is 11.7. The quantitative estimate of drug-likeness (QED) is 0.354. The predicted octanol–water partition coefficient (Wildman–Crippen LogP) is 0.801. The summed E-state index contributed by atoms with van der Waals surface area (Å²) in [5, 5.41) is 12.1. The number of benzene rings is 1. The summed E-state index contributed by atoms with van der Waals surface area (Å²) in [6.07, 6.45) is 1.96. The van der Waals surface area contributed by atoms with Gasteiger partial charge in [-0.3, -0.25) is 18.7 Å². The lowest BCUT2D eigenvalue weighted by atomic mass is 10.2. The molecule has 174 valence electrons. The number of ketones is 1. The molecule has 12 heteroatoms. The molecule has 0 unspecified atom stereocenters. The molecule has 1 atom stereocenters. The Labute approximate surface area is 193 Å². The van der Waals surface area contributed by atoms with E-state index in [9.17, 15) is 14.4 Å². The fourth-order valence-corrected chi connectivity index (χ4v) is 4.53. The minimum atomic E-state index is -0.686. The maximum atomic E-state index is 13.1. The molecule has 0 spiro atoms. The average Bonchev–Trinajstić information content (AvgIpc) is 3.49. The van der Waals surface area contributed by atoms with Crippen molar-refractivity contribution in [1.82, 2.24) is 29.3 Å². The molecule has 11 nitrogen and oxygen atoms in total. The lowest BCUT2D eigenvalue weighted by molar-refractivity contribution is 0.0912. The van der Waals surface area contributed by atoms with Gasteiger partial charge in [0, 0.05) is 13.2 Å². The number of ether oxygens (including phenoxy) is 1. The predicted molar refractivity (Wildman–Crippen MR) is 122 cm³/mol. The maximum Gasteiger partial charge on any atom is 0.332 e. The van der Waals surface area contributed by atoms with Crippen LogP contribution in [0, 0.1) is 0 Å². The van der Waals surface area contributed by atoms with Crippen LogP contribution >= 0.6 is 11.8 Å². The number of carbonyl (C=O) groups excluding carboxylic acids is 1. The van der Waals surface area contributed by atoms with Crippen LogP contribution in [0.5, 0.6) is 0 Å². The highest BCUT2D eigenvalue weighted by Crippen LogP contribution is 2.20. The van der Waals surface area contributed by atoms with Crippen LogP contribution in [0.1, 0.15) is 35.7 Å². The molecule has 33 heavy (non-hydrogen) atoms. The summed E-state index contributed by atoms with van der Waals surface area (Å²) in [7, 11) is 0. The van der Waals surface area contributed by atoms with Crippen molar-refractivity contribution in [2.75, 3.05) is 18.1 Å². The van der Waals surface area contributed by atoms with Crippen LogP contribution in [0.25, 0.3) is 0 Å². The zero-order valence-electron chi connectivity index (χ0n) is 18.2. The van der Waals surface area contributed by atoms with Crippen LogP contribution in [-0.2, 0) is 24.4 Å². The Morgan fingerprint density at radius 3 is 2.73 bits per heavy atom. The number of hydrogen-bond donors (Lipinski definition) is 1. The molecule has 3 aromatic rings. The van der Waals surface area contributed by atoms with E-state index in [4.69, 9.17) is 10.5 Å². The summed E-state index contributed by atoms with van der Waals surface area (Å²) in [6, 6.07) is 9.24. The molecule has 1 aliphatic rings. The molecule has 0 amide bonds. The van der Waals surface area contributed by atoms with Crippen molar-refractivity contribution in [3.05, 3.63) is 62.3 Å². The van der Waals surface area contributed by atoms with Gasteiger partial charge >= 0.3 is 5.69 Å². The topological polar surface area (TPSA) is 140 Å². The van der Waals surface area contributed by atoms with Gasteiger partial charge in [-0.2, -0.15) is 0 Å². The number of thioether (sulfide) groups is 1. The second-order valence-electron chi connectivity index (χ2n) is 7.65. The SMILES string of the molecule is CCn1c(=O)c(C(=O)CSc2nnnn2C[C@@H]2CCCO2)c(N)n(Cc2ccccc2)c1=O. The largest absolute Gasteiger partial charge is 0.384 e. The molecule has 1 fully saturated rings. The number of Topliss-reactive ketones (excluding diaryl/α,β-unsaturated/α-hetero) is 1. The molecular weight excluding hydrogens is 446 g/mol. The lowest BCUT2D eigenvalue weighted by Gasteiger charge is -2.15. The van der Waals surface area contributed by atoms with Gasteiger partial charge in [0.1, 0.15) is 11.4 Å². The number of nitrogen functional groups attached to an aromatic ring is 1. The zero-order valence-corrected chi connectivity index (χ0v) is 19.0. The van der Waals surface area contributed by atoms with E-state index in [1.807, 2.05) is 30.3 Å². The van der Waals surface area contributed by atoms with Gasteiger partial charge in [0.15, 0.2) is 5.78 Å². The monoisotopic (exact) mass is 471 g/mol. The van der Waals surface area contributed by atoms with Crippen LogP contribution in [0.4, 0.5) is 5.82 Å². The van der Waals surface area contributed by atoms with Gasteiger partial charge in [-0.15, -0.1) is 5.10 Å². The van der Waals surface area contributed by atoms with Crippen molar-refractivity contribution in [2.45, 2.75) is 50.7 Å². The van der Waals surface area contributed by atoms with Crippen LogP contribution < -0.4 is 17.0 Å². The average molecular weight is 472 g/mol. The minimum Gasteiger partial charge on any atom is -0.384 e. The second kappa shape index (κ2) is 10.1. The Balaban J connectivity index is 1.59. The van der Waals surface area contributed by atoms with Crippen molar-refractivity contribution in [3.63, 3.8) is 0 Å². The van der Waals surface area contributed by atoms with Gasteiger partial charge in [0.2, 0.25) is 5.16 Å². The van der Waals surface area contributed by atoms with Crippen molar-refractivity contribution >= 4 is 23.4 Å². The number of rotatable bonds is 9. The fourth-order valence-electron chi connectivity index (χ4n) is 3.77. The van der Waals surface area contributed by atoms with E-state index in [0.717, 1.165) is 41.3 Å². The molecule has 1 aliphatic heterocycles. The highest BCUT2D eigenvalue weighted by atomic mass is 32.2. The van der Waals surface area contributed by atoms with E-state index in [1.165, 1.54) is 4.57 Å². The number of carbonyl (C=O) groups is 1. The Morgan fingerprint density at radius 1 is 1.24 bits per heavy atom. The zero-order chi connectivity index (χ0) is 23.4. The van der Waals surface area contributed by atoms with Crippen LogP contribution in [0.2, 0.25) is 0 Å². The Bertz CT molecular complexity index is 1250. The molecule has 0 aliphatic carbocycles. The molecule has 0 saturated carbocycles. The van der Waals surface area contributed by atoms with Crippen LogP contribution in [-0.4, -0.2) is 53.6 Å². The van der Waals surface area contributed by atoms with Gasteiger partial charge in [-0.05, 0) is 35.8 Å². The van der Waals surface area contributed by atoms with Crippen LogP contribution in [0.15, 0.2) is 45.1 Å². The van der Waals surface area contributed by atoms with Gasteiger partial charge < -0.3 is 10.5 Å². The third-order valence-corrected chi connectivity index (χ3v) is 6.44. The first kappa shape index (κ1) is 22.9. The van der Waals surface area contributed by atoms with Crippen molar-refractivity contribution in [3.8, 4) is 0 Å². The van der Waals surface area contributed by atoms with E-state index in [0.29, 0.717) is 11.7 Å².